The van der Waals surface area contributed by atoms with Crippen molar-refractivity contribution < 1.29 is 28.5 Å². The zero-order valence-corrected chi connectivity index (χ0v) is 24.0. The highest BCUT2D eigenvalue weighted by Gasteiger charge is 2.31. The number of hydrogen-bond donors (Lipinski definition) is 2. The Labute approximate surface area is 253 Å². The number of hydrogen-bond acceptors (Lipinski definition) is 10. The van der Waals surface area contributed by atoms with E-state index in [1.54, 1.807) is 87.2 Å². The average Bonchev–Trinajstić information content (AvgIpc) is 3.08. The third-order valence-corrected chi connectivity index (χ3v) is 6.45. The zero-order chi connectivity index (χ0) is 30.7. The summed E-state index contributed by atoms with van der Waals surface area (Å²) in [5, 5.41) is 8.31. The molecule has 0 spiro atoms. The van der Waals surface area contributed by atoms with Crippen molar-refractivity contribution in [1.29, 1.82) is 0 Å². The Morgan fingerprint density at radius 2 is 0.977 bits per heavy atom. The molecule has 0 aliphatic carbocycles. The van der Waals surface area contributed by atoms with Crippen LogP contribution >= 0.6 is 0 Å². The number of aromatic nitrogens is 2. The Balaban J connectivity index is 1.14. The molecular weight excluding hydrogens is 564 g/mol. The lowest BCUT2D eigenvalue weighted by Gasteiger charge is -2.31. The van der Waals surface area contributed by atoms with Gasteiger partial charge in [0.15, 0.2) is 0 Å². The minimum absolute atomic E-state index is 0.318. The molecule has 0 saturated carbocycles. The highest BCUT2D eigenvalue weighted by atomic mass is 16.8. The highest BCUT2D eigenvalue weighted by Crippen LogP contribution is 2.22. The third kappa shape index (κ3) is 8.09. The van der Waals surface area contributed by atoms with Crippen LogP contribution in [0.4, 0.5) is 0 Å². The molecule has 2 atom stereocenters. The molecule has 1 aliphatic rings. The van der Waals surface area contributed by atoms with Crippen LogP contribution in [0.3, 0.4) is 0 Å². The van der Waals surface area contributed by atoms with Crippen molar-refractivity contribution in [3.8, 4) is 11.5 Å². The molecule has 224 valence electrons. The number of nitrogens with one attached hydrogen (secondary N) is 2. The lowest BCUT2D eigenvalue weighted by molar-refractivity contribution is -0.271. The molecule has 1 saturated heterocycles. The van der Waals surface area contributed by atoms with Crippen molar-refractivity contribution >= 4 is 23.2 Å². The van der Waals surface area contributed by atoms with Crippen LogP contribution in [0.15, 0.2) is 108 Å². The van der Waals surface area contributed by atoms with Crippen LogP contribution in [0.2, 0.25) is 0 Å². The van der Waals surface area contributed by atoms with Gasteiger partial charge in [-0.1, -0.05) is 0 Å². The van der Waals surface area contributed by atoms with Gasteiger partial charge in [0, 0.05) is 47.0 Å². The number of ether oxygens (including phenoxy) is 4. The predicted octanol–water partition coefficient (Wildman–Crippen LogP) is 3.94. The molecule has 0 bridgehead atoms. The summed E-state index contributed by atoms with van der Waals surface area (Å²) in [4.78, 5) is 33.1. The summed E-state index contributed by atoms with van der Waals surface area (Å²) in [6.07, 6.45) is 4.89. The average molecular weight is 595 g/mol. The number of carbonyl (C=O) groups excluding carboxylic acids is 2. The summed E-state index contributed by atoms with van der Waals surface area (Å²) in [6.45, 7) is 4.23. The van der Waals surface area contributed by atoms with E-state index in [-0.39, 0.29) is 11.8 Å². The van der Waals surface area contributed by atoms with E-state index in [0.29, 0.717) is 47.3 Å². The van der Waals surface area contributed by atoms with Gasteiger partial charge < -0.3 is 18.9 Å². The van der Waals surface area contributed by atoms with Crippen LogP contribution in [0, 0.1) is 0 Å². The molecule has 5 rings (SSSR count). The number of hydrazone groups is 2. The van der Waals surface area contributed by atoms with Crippen LogP contribution in [-0.2, 0) is 9.47 Å². The van der Waals surface area contributed by atoms with Gasteiger partial charge in [-0.15, -0.1) is 0 Å². The Morgan fingerprint density at radius 3 is 1.34 bits per heavy atom. The molecule has 2 N–H and O–H groups in total. The van der Waals surface area contributed by atoms with Gasteiger partial charge in [0.2, 0.25) is 0 Å². The Bertz CT molecular complexity index is 1490. The lowest BCUT2D eigenvalue weighted by Crippen LogP contribution is -2.45. The smallest absolute Gasteiger partial charge is 0.271 e. The van der Waals surface area contributed by atoms with Gasteiger partial charge >= 0.3 is 0 Å². The SMILES string of the molecule is C/C(=N/NC(=O)c1ccc(O[C@@H]2OCCO[C@H]2Oc2ccc(C(=O)N/N=C(/C)c3ccncc3)cc2)cc1)c1ccncc1. The van der Waals surface area contributed by atoms with E-state index in [4.69, 9.17) is 18.9 Å². The van der Waals surface area contributed by atoms with Crippen LogP contribution in [-0.4, -0.2) is 59.0 Å². The van der Waals surface area contributed by atoms with E-state index < -0.39 is 12.6 Å². The van der Waals surface area contributed by atoms with Crippen LogP contribution in [0.1, 0.15) is 45.7 Å². The second kappa shape index (κ2) is 14.6. The van der Waals surface area contributed by atoms with Crippen molar-refractivity contribution in [3.05, 3.63) is 120 Å². The first-order valence-corrected chi connectivity index (χ1v) is 13.7. The molecular formula is C32H30N6O6. The van der Waals surface area contributed by atoms with Gasteiger partial charge in [-0.2, -0.15) is 10.2 Å². The molecule has 0 unspecified atom stereocenters. The van der Waals surface area contributed by atoms with Gasteiger partial charge in [0.05, 0.1) is 24.6 Å². The maximum Gasteiger partial charge on any atom is 0.271 e. The molecule has 44 heavy (non-hydrogen) atoms. The van der Waals surface area contributed by atoms with Crippen molar-refractivity contribution in [2.24, 2.45) is 10.2 Å². The first kappa shape index (κ1) is 30.0. The zero-order valence-electron chi connectivity index (χ0n) is 24.0. The molecule has 12 nitrogen and oxygen atoms in total. The summed E-state index contributed by atoms with van der Waals surface area (Å²) in [5.41, 5.74) is 8.93. The highest BCUT2D eigenvalue weighted by molar-refractivity contribution is 6.01. The summed E-state index contributed by atoms with van der Waals surface area (Å²) in [6, 6.07) is 20.3. The van der Waals surface area contributed by atoms with E-state index in [2.05, 4.69) is 31.0 Å². The van der Waals surface area contributed by atoms with Crippen LogP contribution in [0.25, 0.3) is 0 Å². The number of rotatable bonds is 10. The molecule has 2 aromatic carbocycles. The normalized spacial score (nSPS) is 17.0. The molecule has 0 radical (unpaired) electrons. The summed E-state index contributed by atoms with van der Waals surface area (Å²) in [5.74, 6) is 0.181. The van der Waals surface area contributed by atoms with Crippen molar-refractivity contribution in [2.75, 3.05) is 13.2 Å². The maximum absolute atomic E-state index is 12.6. The lowest BCUT2D eigenvalue weighted by atomic mass is 10.2. The number of benzene rings is 2. The monoisotopic (exact) mass is 594 g/mol. The van der Waals surface area contributed by atoms with E-state index >= 15 is 0 Å². The first-order valence-electron chi connectivity index (χ1n) is 13.7. The molecule has 12 heteroatoms. The molecule has 1 fully saturated rings. The van der Waals surface area contributed by atoms with Crippen LogP contribution in [0.5, 0.6) is 11.5 Å². The second-order valence-electron chi connectivity index (χ2n) is 9.51. The van der Waals surface area contributed by atoms with E-state index in [9.17, 15) is 9.59 Å². The van der Waals surface area contributed by atoms with E-state index in [0.717, 1.165) is 11.1 Å². The molecule has 3 heterocycles. The number of pyridine rings is 2. The second-order valence-corrected chi connectivity index (χ2v) is 9.51. The molecule has 2 amide bonds. The van der Waals surface area contributed by atoms with Gasteiger partial charge in [-0.25, -0.2) is 10.9 Å². The van der Waals surface area contributed by atoms with E-state index in [1.807, 2.05) is 24.3 Å². The van der Waals surface area contributed by atoms with Gasteiger partial charge in [-0.05, 0) is 86.6 Å². The summed E-state index contributed by atoms with van der Waals surface area (Å²) < 4.78 is 23.4. The maximum atomic E-state index is 12.6. The Hall–Kier alpha value is -5.46. The van der Waals surface area contributed by atoms with Gasteiger partial charge in [-0.3, -0.25) is 19.6 Å². The number of nitrogens with zero attached hydrogens (tertiary/aromatic N) is 4. The molecule has 1 aliphatic heterocycles. The molecule has 2 aromatic heterocycles. The minimum Gasteiger partial charge on any atom is -0.458 e. The predicted molar refractivity (Wildman–Crippen MR) is 161 cm³/mol. The van der Waals surface area contributed by atoms with E-state index in [1.165, 1.54) is 0 Å². The Kier molecular flexibility index (Phi) is 9.98. The summed E-state index contributed by atoms with van der Waals surface area (Å²) >= 11 is 0. The fourth-order valence-electron chi connectivity index (χ4n) is 4.02. The van der Waals surface area contributed by atoms with Crippen molar-refractivity contribution in [1.82, 2.24) is 20.8 Å². The quantitative estimate of drug-likeness (QED) is 0.207. The van der Waals surface area contributed by atoms with Gasteiger partial charge in [0.25, 0.3) is 24.4 Å². The minimum atomic E-state index is -0.871. The third-order valence-electron chi connectivity index (χ3n) is 6.45. The standard InChI is InChI=1S/C32H30N6O6/c1-21(23-11-15-33-16-12-23)35-37-29(39)25-3-7-27(8-4-25)43-31-32(42-20-19-41-31)44-28-9-5-26(6-10-28)30(40)38-36-22(2)24-13-17-34-18-14-24/h3-18,31-32H,19-20H2,1-2H3,(H,37,39)(H,38,40)/b35-21-,36-22-/t31-,32-/m0/s1. The van der Waals surface area contributed by atoms with Crippen molar-refractivity contribution in [3.63, 3.8) is 0 Å². The number of amides is 2. The topological polar surface area (TPSA) is 146 Å². The first-order chi connectivity index (χ1) is 21.5. The van der Waals surface area contributed by atoms with Gasteiger partial charge in [0.1, 0.15) is 11.5 Å². The van der Waals surface area contributed by atoms with Crippen LogP contribution < -0.4 is 20.3 Å². The summed E-state index contributed by atoms with van der Waals surface area (Å²) in [7, 11) is 0. The fraction of sp³-hybridized carbons (Fsp3) is 0.188. The fourth-order valence-corrected chi connectivity index (χ4v) is 4.02. The van der Waals surface area contributed by atoms with Crippen molar-refractivity contribution in [2.45, 2.75) is 26.4 Å². The number of carbonyl (C=O) groups is 2. The Morgan fingerprint density at radius 1 is 0.614 bits per heavy atom. The molecule has 4 aromatic rings. The largest absolute Gasteiger partial charge is 0.458 e.